The third kappa shape index (κ3) is 8.63. The lowest BCUT2D eigenvalue weighted by molar-refractivity contribution is -0.129. The fourth-order valence-corrected chi connectivity index (χ4v) is 3.09. The average molecular weight is 368 g/mol. The summed E-state index contributed by atoms with van der Waals surface area (Å²) in [6, 6.07) is 5.96. The summed E-state index contributed by atoms with van der Waals surface area (Å²) >= 11 is 1.58. The van der Waals surface area contributed by atoms with E-state index in [1.165, 1.54) is 19.1 Å². The van der Waals surface area contributed by atoms with Gasteiger partial charge in [0.15, 0.2) is 5.78 Å². The molecule has 0 bridgehead atoms. The molecule has 1 aromatic rings. The number of hydrogen-bond acceptors (Lipinski definition) is 5. The van der Waals surface area contributed by atoms with E-state index < -0.39 is 5.92 Å². The maximum atomic E-state index is 12.8. The Morgan fingerprint density at radius 3 is 2.36 bits per heavy atom. The molecule has 1 aromatic carbocycles. The first-order chi connectivity index (χ1) is 12.0. The van der Waals surface area contributed by atoms with E-state index >= 15 is 0 Å². The Morgan fingerprint density at radius 2 is 1.92 bits per heavy atom. The summed E-state index contributed by atoms with van der Waals surface area (Å²) in [5.74, 6) is 0.177. The normalized spacial score (nSPS) is 17.6. The summed E-state index contributed by atoms with van der Waals surface area (Å²) in [7, 11) is 0. The molecule has 0 radical (unpaired) electrons. The van der Waals surface area contributed by atoms with Crippen molar-refractivity contribution >= 4 is 35.9 Å². The molecule has 0 aromatic heterocycles. The van der Waals surface area contributed by atoms with Gasteiger partial charge in [-0.3, -0.25) is 14.4 Å². The lowest BCUT2D eigenvalue weighted by Gasteiger charge is -2.20. The van der Waals surface area contributed by atoms with E-state index in [1.807, 2.05) is 13.8 Å². The SMILES string of the molecule is CC.CC(=O)C1CSC/C(=C\c2ccc(F)cc2)C1=O.CCOC=O. The fourth-order valence-electron chi connectivity index (χ4n) is 1.90. The zero-order valence-electron chi connectivity index (χ0n) is 15.1. The highest BCUT2D eigenvalue weighted by Gasteiger charge is 2.30. The summed E-state index contributed by atoms with van der Waals surface area (Å²) in [6.07, 6.45) is 1.74. The standard InChI is InChI=1S/C14H13FO2S.C3H6O2.C2H6/c1-9(16)13-8-18-7-11(14(13)17)6-10-2-4-12(15)5-3-10;1-2-5-3-4;1-2/h2-6,13H,7-8H2,1H3;3H,2H2,1H3;1-2H3/b11-6+;;. The third-order valence-corrected chi connectivity index (χ3v) is 4.20. The van der Waals surface area contributed by atoms with Gasteiger partial charge in [-0.2, -0.15) is 11.8 Å². The first-order valence-electron chi connectivity index (χ1n) is 8.13. The maximum absolute atomic E-state index is 12.8. The number of ether oxygens (including phenoxy) is 1. The van der Waals surface area contributed by atoms with Crippen LogP contribution in [0.2, 0.25) is 0 Å². The van der Waals surface area contributed by atoms with Crippen molar-refractivity contribution in [2.24, 2.45) is 5.92 Å². The summed E-state index contributed by atoms with van der Waals surface area (Å²) < 4.78 is 16.9. The summed E-state index contributed by atoms with van der Waals surface area (Å²) in [6.45, 7) is 8.11. The van der Waals surface area contributed by atoms with Crippen molar-refractivity contribution in [3.8, 4) is 0 Å². The zero-order valence-corrected chi connectivity index (χ0v) is 15.9. The highest BCUT2D eigenvalue weighted by Crippen LogP contribution is 2.26. The number of hydrogen-bond donors (Lipinski definition) is 0. The minimum atomic E-state index is -0.518. The summed E-state index contributed by atoms with van der Waals surface area (Å²) in [4.78, 5) is 32.6. The highest BCUT2D eigenvalue weighted by molar-refractivity contribution is 7.99. The molecule has 1 fully saturated rings. The molecule has 0 N–H and O–H groups in total. The Morgan fingerprint density at radius 1 is 1.32 bits per heavy atom. The molecular formula is C19H25FO4S. The molecule has 6 heteroatoms. The van der Waals surface area contributed by atoms with E-state index in [4.69, 9.17) is 0 Å². The zero-order chi connectivity index (χ0) is 19.2. The van der Waals surface area contributed by atoms with Crippen LogP contribution in [-0.2, 0) is 19.1 Å². The van der Waals surface area contributed by atoms with Gasteiger partial charge in [0.1, 0.15) is 11.6 Å². The molecule has 4 nitrogen and oxygen atoms in total. The minimum absolute atomic E-state index is 0.0859. The minimum Gasteiger partial charge on any atom is -0.468 e. The second-order valence-electron chi connectivity index (χ2n) is 4.82. The second-order valence-corrected chi connectivity index (χ2v) is 5.85. The highest BCUT2D eigenvalue weighted by atomic mass is 32.2. The number of carbonyl (C=O) groups excluding carboxylic acids is 3. The van der Waals surface area contributed by atoms with Crippen LogP contribution in [-0.4, -0.2) is 36.2 Å². The number of carbonyl (C=O) groups is 3. The molecular weight excluding hydrogens is 343 g/mol. The maximum Gasteiger partial charge on any atom is 0.293 e. The van der Waals surface area contributed by atoms with Gasteiger partial charge in [-0.15, -0.1) is 0 Å². The van der Waals surface area contributed by atoms with Gasteiger partial charge in [0.05, 0.1) is 12.5 Å². The second kappa shape index (κ2) is 13.4. The summed E-state index contributed by atoms with van der Waals surface area (Å²) in [5.41, 5.74) is 1.42. The Balaban J connectivity index is 0.000000710. The van der Waals surface area contributed by atoms with E-state index in [9.17, 15) is 18.8 Å². The molecule has 0 spiro atoms. The predicted molar refractivity (Wildman–Crippen MR) is 99.9 cm³/mol. The number of thioether (sulfide) groups is 1. The first kappa shape index (κ1) is 23.1. The van der Waals surface area contributed by atoms with Gasteiger partial charge in [-0.25, -0.2) is 4.39 Å². The summed E-state index contributed by atoms with van der Waals surface area (Å²) in [5, 5.41) is 0. The molecule has 138 valence electrons. The van der Waals surface area contributed by atoms with Gasteiger partial charge in [0.25, 0.3) is 6.47 Å². The van der Waals surface area contributed by atoms with Crippen LogP contribution >= 0.6 is 11.8 Å². The van der Waals surface area contributed by atoms with Crippen molar-refractivity contribution in [1.29, 1.82) is 0 Å². The van der Waals surface area contributed by atoms with Crippen LogP contribution in [0.5, 0.6) is 0 Å². The molecule has 2 rings (SSSR count). The van der Waals surface area contributed by atoms with Crippen molar-refractivity contribution < 1.29 is 23.5 Å². The van der Waals surface area contributed by atoms with E-state index in [1.54, 1.807) is 36.9 Å². The molecule has 1 aliphatic heterocycles. The number of rotatable bonds is 4. The quantitative estimate of drug-likeness (QED) is 0.458. The Kier molecular flexibility index (Phi) is 12.3. The lowest BCUT2D eigenvalue weighted by Crippen LogP contribution is -2.30. The van der Waals surface area contributed by atoms with Crippen LogP contribution in [0.3, 0.4) is 0 Å². The van der Waals surface area contributed by atoms with E-state index in [2.05, 4.69) is 4.74 Å². The molecule has 25 heavy (non-hydrogen) atoms. The number of halogens is 1. The van der Waals surface area contributed by atoms with Crippen LogP contribution < -0.4 is 0 Å². The van der Waals surface area contributed by atoms with Crippen LogP contribution in [0.4, 0.5) is 4.39 Å². The fraction of sp³-hybridized carbons (Fsp3) is 0.421. The van der Waals surface area contributed by atoms with Gasteiger partial charge in [0, 0.05) is 17.1 Å². The van der Waals surface area contributed by atoms with Crippen molar-refractivity contribution in [2.75, 3.05) is 18.1 Å². The van der Waals surface area contributed by atoms with Crippen molar-refractivity contribution in [3.05, 3.63) is 41.2 Å². The van der Waals surface area contributed by atoms with Crippen LogP contribution in [0.25, 0.3) is 6.08 Å². The molecule has 0 amide bonds. The van der Waals surface area contributed by atoms with Gasteiger partial charge >= 0.3 is 0 Å². The molecule has 1 unspecified atom stereocenters. The Bertz CT molecular complexity index is 582. The number of benzene rings is 1. The smallest absolute Gasteiger partial charge is 0.293 e. The van der Waals surface area contributed by atoms with Gasteiger partial charge in [-0.05, 0) is 37.6 Å². The van der Waals surface area contributed by atoms with Gasteiger partial charge < -0.3 is 4.74 Å². The molecule has 1 atom stereocenters. The Hall–Kier alpha value is -1.95. The van der Waals surface area contributed by atoms with Gasteiger partial charge in [0.2, 0.25) is 0 Å². The third-order valence-electron chi connectivity index (χ3n) is 3.11. The van der Waals surface area contributed by atoms with E-state index in [0.717, 1.165) is 5.56 Å². The van der Waals surface area contributed by atoms with Crippen molar-refractivity contribution in [1.82, 2.24) is 0 Å². The average Bonchev–Trinajstić information content (AvgIpc) is 2.61. The number of ketones is 2. The lowest BCUT2D eigenvalue weighted by atomic mass is 9.95. The predicted octanol–water partition coefficient (Wildman–Crippen LogP) is 3.94. The largest absolute Gasteiger partial charge is 0.468 e. The molecule has 0 saturated carbocycles. The molecule has 1 aliphatic rings. The molecule has 1 heterocycles. The van der Waals surface area contributed by atoms with E-state index in [-0.39, 0.29) is 17.4 Å². The van der Waals surface area contributed by atoms with Crippen LogP contribution in [0.1, 0.15) is 33.3 Å². The van der Waals surface area contributed by atoms with Crippen molar-refractivity contribution in [2.45, 2.75) is 27.7 Å². The molecule has 0 aliphatic carbocycles. The van der Waals surface area contributed by atoms with Crippen LogP contribution in [0.15, 0.2) is 29.8 Å². The molecule has 1 saturated heterocycles. The van der Waals surface area contributed by atoms with Crippen molar-refractivity contribution in [3.63, 3.8) is 0 Å². The number of Topliss-reactive ketones (excluding diaryl/α,β-unsaturated/α-hetero) is 2. The topological polar surface area (TPSA) is 60.4 Å². The van der Waals surface area contributed by atoms with Gasteiger partial charge in [-0.1, -0.05) is 26.0 Å². The Labute approximate surface area is 152 Å². The van der Waals surface area contributed by atoms with E-state index in [0.29, 0.717) is 30.2 Å². The first-order valence-corrected chi connectivity index (χ1v) is 9.28. The monoisotopic (exact) mass is 368 g/mol. The van der Waals surface area contributed by atoms with Crippen LogP contribution in [0, 0.1) is 11.7 Å².